The smallest absolute Gasteiger partial charge is 0.329 e. The first-order valence-electron chi connectivity index (χ1n) is 15.6. The summed E-state index contributed by atoms with van der Waals surface area (Å²) in [6.07, 6.45) is 14.2. The number of aliphatic carboxylic acids is 1. The Balaban J connectivity index is 1.24. The second-order valence-corrected chi connectivity index (χ2v) is 12.7. The number of hydrogen-bond donors (Lipinski definition) is 3. The molecule has 0 bridgehead atoms. The number of carbonyl (C=O) groups is 1. The van der Waals surface area contributed by atoms with Crippen molar-refractivity contribution in [2.45, 2.75) is 121 Å². The molecule has 0 aromatic carbocycles. The van der Waals surface area contributed by atoms with Crippen LogP contribution in [0.3, 0.4) is 0 Å². The molecule has 7 atom stereocenters. The van der Waals surface area contributed by atoms with Crippen molar-refractivity contribution >= 4 is 5.97 Å². The largest absolute Gasteiger partial charge is 0.480 e. The van der Waals surface area contributed by atoms with Gasteiger partial charge in [0.15, 0.2) is 0 Å². The van der Waals surface area contributed by atoms with E-state index in [1.54, 1.807) is 0 Å². The van der Waals surface area contributed by atoms with E-state index in [1.807, 2.05) is 0 Å². The van der Waals surface area contributed by atoms with Crippen molar-refractivity contribution in [3.05, 3.63) is 0 Å². The molecule has 5 rings (SSSR count). The average Bonchev–Trinajstić information content (AvgIpc) is 3.27. The predicted octanol–water partition coefficient (Wildman–Crippen LogP) is 2.93. The van der Waals surface area contributed by atoms with Gasteiger partial charge < -0.3 is 15.2 Å². The first-order valence-corrected chi connectivity index (χ1v) is 15.6. The normalized spacial score (nSPS) is 38.2. The molecule has 5 aliphatic rings. The maximum Gasteiger partial charge on any atom is 0.329 e. The number of carboxylic acid groups (broad SMARTS) is 1. The van der Waals surface area contributed by atoms with Crippen LogP contribution in [0.15, 0.2) is 0 Å². The van der Waals surface area contributed by atoms with Crippen LogP contribution in [0.25, 0.3) is 0 Å². The van der Waals surface area contributed by atoms with E-state index in [2.05, 4.69) is 39.4 Å². The predicted molar refractivity (Wildman–Crippen MR) is 146 cm³/mol. The van der Waals surface area contributed by atoms with Gasteiger partial charge in [-0.2, -0.15) is 0 Å². The summed E-state index contributed by atoms with van der Waals surface area (Å²) < 4.78 is 6.15. The van der Waals surface area contributed by atoms with E-state index in [4.69, 9.17) is 4.74 Å². The molecular weight excluding hydrogens is 466 g/mol. The number of hydrogen-bond acceptors (Lipinski definition) is 7. The topological polar surface area (TPSA) is 80.3 Å². The SMILES string of the molecule is CCC(C1CCN(C2CCCCC2)N1)N1CCCN(C2C3NCCCC3CC(C)C2OCC(=O)O)CC1. The lowest BCUT2D eigenvalue weighted by molar-refractivity contribution is -0.152. The first-order chi connectivity index (χ1) is 18.0. The van der Waals surface area contributed by atoms with E-state index in [0.717, 1.165) is 45.2 Å². The highest BCUT2D eigenvalue weighted by Crippen LogP contribution is 2.39. The standard InChI is InChI=1S/C29H53N5O3/c1-3-25(24-12-16-34(31-24)23-10-5-4-6-11-23)32-14-8-15-33(18-17-32)28-27-22(9-7-13-30-27)19-21(2)29(28)37-20-26(35)36/h21-25,27-31H,3-20H2,1-2H3,(H,35,36). The number of rotatable bonds is 8. The fraction of sp³-hybridized carbons (Fsp3) is 0.966. The highest BCUT2D eigenvalue weighted by Gasteiger charge is 2.47. The highest BCUT2D eigenvalue weighted by molar-refractivity contribution is 5.68. The molecule has 3 saturated heterocycles. The quantitative estimate of drug-likeness (QED) is 0.452. The number of fused-ring (bicyclic) bond motifs is 1. The van der Waals surface area contributed by atoms with Gasteiger partial charge in [-0.3, -0.25) is 15.2 Å². The van der Waals surface area contributed by atoms with Crippen LogP contribution in [0.1, 0.15) is 84.5 Å². The van der Waals surface area contributed by atoms with Gasteiger partial charge >= 0.3 is 5.97 Å². The second-order valence-electron chi connectivity index (χ2n) is 12.7. The Labute approximate surface area is 224 Å². The Bertz CT molecular complexity index is 734. The van der Waals surface area contributed by atoms with Crippen LogP contribution >= 0.6 is 0 Å². The molecule has 212 valence electrons. The maximum atomic E-state index is 11.4. The molecule has 37 heavy (non-hydrogen) atoms. The van der Waals surface area contributed by atoms with Crippen molar-refractivity contribution in [1.82, 2.24) is 25.6 Å². The molecule has 8 heteroatoms. The molecule has 8 nitrogen and oxygen atoms in total. The number of piperidine rings is 1. The third-order valence-corrected chi connectivity index (χ3v) is 10.3. The molecular formula is C29H53N5O3. The van der Waals surface area contributed by atoms with E-state index in [9.17, 15) is 9.90 Å². The Kier molecular flexibility index (Phi) is 9.80. The van der Waals surface area contributed by atoms with Crippen LogP contribution in [0, 0.1) is 11.8 Å². The minimum atomic E-state index is -0.858. The lowest BCUT2D eigenvalue weighted by Gasteiger charge is -2.52. The average molecular weight is 520 g/mol. The first kappa shape index (κ1) is 27.8. The van der Waals surface area contributed by atoms with Gasteiger partial charge in [0.2, 0.25) is 0 Å². The monoisotopic (exact) mass is 519 g/mol. The molecule has 2 aliphatic carbocycles. The van der Waals surface area contributed by atoms with Crippen molar-refractivity contribution in [2.75, 3.05) is 45.9 Å². The number of nitrogens with one attached hydrogen (secondary N) is 2. The van der Waals surface area contributed by atoms with Crippen molar-refractivity contribution < 1.29 is 14.6 Å². The summed E-state index contributed by atoms with van der Waals surface area (Å²) in [6, 6.07) is 2.56. The molecule has 2 saturated carbocycles. The van der Waals surface area contributed by atoms with E-state index in [-0.39, 0.29) is 18.8 Å². The third kappa shape index (κ3) is 6.52. The van der Waals surface area contributed by atoms with Crippen LogP contribution in [0.2, 0.25) is 0 Å². The molecule has 0 aromatic rings. The van der Waals surface area contributed by atoms with E-state index in [0.29, 0.717) is 30.0 Å². The van der Waals surface area contributed by atoms with E-state index in [1.165, 1.54) is 70.8 Å². The Morgan fingerprint density at radius 1 is 1.00 bits per heavy atom. The summed E-state index contributed by atoms with van der Waals surface area (Å²) in [4.78, 5) is 16.9. The molecule has 0 aromatic heterocycles. The van der Waals surface area contributed by atoms with Crippen LogP contribution < -0.4 is 10.7 Å². The molecule has 3 heterocycles. The Morgan fingerprint density at radius 2 is 1.84 bits per heavy atom. The lowest BCUT2D eigenvalue weighted by atomic mass is 9.70. The van der Waals surface area contributed by atoms with Gasteiger partial charge in [-0.15, -0.1) is 0 Å². The molecule has 5 fully saturated rings. The zero-order chi connectivity index (χ0) is 25.8. The zero-order valence-corrected chi connectivity index (χ0v) is 23.5. The van der Waals surface area contributed by atoms with Gasteiger partial charge in [-0.1, -0.05) is 33.1 Å². The molecule has 7 unspecified atom stereocenters. The minimum Gasteiger partial charge on any atom is -0.480 e. The number of nitrogens with zero attached hydrogens (tertiary/aromatic N) is 3. The Morgan fingerprint density at radius 3 is 2.62 bits per heavy atom. The van der Waals surface area contributed by atoms with Gasteiger partial charge in [-0.05, 0) is 82.8 Å². The van der Waals surface area contributed by atoms with Gasteiger partial charge in [0, 0.05) is 43.8 Å². The Hall–Kier alpha value is -0.770. The molecule has 0 amide bonds. The van der Waals surface area contributed by atoms with Crippen molar-refractivity contribution in [1.29, 1.82) is 0 Å². The molecule has 3 N–H and O–H groups in total. The van der Waals surface area contributed by atoms with Crippen molar-refractivity contribution in [3.63, 3.8) is 0 Å². The third-order valence-electron chi connectivity index (χ3n) is 10.3. The van der Waals surface area contributed by atoms with Crippen molar-refractivity contribution in [3.8, 4) is 0 Å². The van der Waals surface area contributed by atoms with Gasteiger partial charge in [0.1, 0.15) is 6.61 Å². The minimum absolute atomic E-state index is 0.0166. The molecule has 0 spiro atoms. The van der Waals surface area contributed by atoms with Crippen LogP contribution in [-0.2, 0) is 9.53 Å². The van der Waals surface area contributed by atoms with Gasteiger partial charge in [-0.25, -0.2) is 9.80 Å². The maximum absolute atomic E-state index is 11.4. The number of ether oxygens (including phenoxy) is 1. The fourth-order valence-corrected chi connectivity index (χ4v) is 8.62. The zero-order valence-electron chi connectivity index (χ0n) is 23.5. The summed E-state index contributed by atoms with van der Waals surface area (Å²) >= 11 is 0. The summed E-state index contributed by atoms with van der Waals surface area (Å²) in [5.41, 5.74) is 3.97. The summed E-state index contributed by atoms with van der Waals surface area (Å²) in [7, 11) is 0. The van der Waals surface area contributed by atoms with Gasteiger partial charge in [0.25, 0.3) is 0 Å². The van der Waals surface area contributed by atoms with Crippen LogP contribution in [0.5, 0.6) is 0 Å². The fourth-order valence-electron chi connectivity index (χ4n) is 8.62. The molecule has 3 aliphatic heterocycles. The van der Waals surface area contributed by atoms with E-state index >= 15 is 0 Å². The lowest BCUT2D eigenvalue weighted by Crippen LogP contribution is -2.66. The molecule has 0 radical (unpaired) electrons. The highest BCUT2D eigenvalue weighted by atomic mass is 16.5. The van der Waals surface area contributed by atoms with Crippen molar-refractivity contribution in [2.24, 2.45) is 11.8 Å². The van der Waals surface area contributed by atoms with Crippen LogP contribution in [-0.4, -0.2) is 108 Å². The van der Waals surface area contributed by atoms with Crippen LogP contribution in [0.4, 0.5) is 0 Å². The number of hydrazine groups is 1. The van der Waals surface area contributed by atoms with Gasteiger partial charge in [0.05, 0.1) is 12.1 Å². The summed E-state index contributed by atoms with van der Waals surface area (Å²) in [6.45, 7) is 11.1. The second kappa shape index (κ2) is 13.1. The summed E-state index contributed by atoms with van der Waals surface area (Å²) in [5, 5.41) is 15.8. The number of carboxylic acids is 1. The van der Waals surface area contributed by atoms with E-state index < -0.39 is 5.97 Å². The summed E-state index contributed by atoms with van der Waals surface area (Å²) in [5.74, 6) is 0.208.